The van der Waals surface area contributed by atoms with Crippen LogP contribution in [-0.4, -0.2) is 80.9 Å². The van der Waals surface area contributed by atoms with E-state index in [1.807, 2.05) is 0 Å². The third-order valence-electron chi connectivity index (χ3n) is 0.143. The minimum absolute atomic E-state index is 0. The normalized spacial score (nSPS) is 11.5. The fourth-order valence-corrected chi connectivity index (χ4v) is 1.76. The van der Waals surface area contributed by atoms with Gasteiger partial charge in [-0.05, 0) is 0 Å². The van der Waals surface area contributed by atoms with Crippen LogP contribution in [0.4, 0.5) is 0 Å². The van der Waals surface area contributed by atoms with Gasteiger partial charge in [-0.1, -0.05) is 0 Å². The van der Waals surface area contributed by atoms with Crippen LogP contribution >= 0.6 is 0 Å². The van der Waals surface area contributed by atoms with Gasteiger partial charge in [0.05, 0.1) is 0 Å². The third kappa shape index (κ3) is 19.7. The smallest absolute Gasteiger partial charge is 0.242 e. The van der Waals surface area contributed by atoms with Crippen molar-refractivity contribution in [2.45, 2.75) is 0 Å². The average molecular weight is 338 g/mol. The first-order chi connectivity index (χ1) is 3.71. The second-order valence-corrected chi connectivity index (χ2v) is 4.84. The van der Waals surface area contributed by atoms with Crippen molar-refractivity contribution in [3.8, 4) is 0 Å². The maximum Gasteiger partial charge on any atom is 0.568 e. The molecule has 60 valence electrons. The van der Waals surface area contributed by atoms with Crippen LogP contribution in [-0.2, 0) is 2.62 Å². The van der Waals surface area contributed by atoms with Crippen LogP contribution in [0.5, 0.6) is 0 Å². The van der Waals surface area contributed by atoms with E-state index in [2.05, 4.69) is 2.62 Å². The number of halogens is 2. The van der Waals surface area contributed by atoms with Crippen molar-refractivity contribution >= 4 is 80.9 Å². The minimum Gasteiger partial charge on any atom is -0.242 e. The first kappa shape index (κ1) is 19.9. The molecule has 0 N–H and O–H groups in total. The second kappa shape index (κ2) is 7.64. The Morgan fingerprint density at radius 2 is 1.27 bits per heavy atom. The molecule has 0 saturated carbocycles. The summed E-state index contributed by atoms with van der Waals surface area (Å²) in [6, 6.07) is 0. The Bertz CT molecular complexity index is 83.6. The van der Waals surface area contributed by atoms with E-state index in [0.717, 1.165) is 0 Å². The number of hydrogen-bond acceptors (Lipinski definition) is 7. The standard InChI is InChI=1S/ClIO7.K.Na.2H/c3-1(4,5)9-2(6,7)8;;;;. The molecule has 0 saturated heterocycles. The average Bonchev–Trinajstić information content (AvgIpc) is 1.14. The van der Waals surface area contributed by atoms with E-state index in [4.69, 9.17) is 0 Å². The van der Waals surface area contributed by atoms with Crippen molar-refractivity contribution in [2.75, 3.05) is 0 Å². The van der Waals surface area contributed by atoms with Gasteiger partial charge in [0.25, 0.3) is 0 Å². The molecule has 0 aliphatic heterocycles. The molecule has 0 aliphatic carbocycles. The van der Waals surface area contributed by atoms with Gasteiger partial charge < -0.3 is 0 Å². The van der Waals surface area contributed by atoms with Crippen molar-refractivity contribution in [1.29, 1.82) is 0 Å². The van der Waals surface area contributed by atoms with E-state index in [-0.39, 0.29) is 80.9 Å². The molecular formula is H2ClIKNaO7. The topological polar surface area (TPSA) is 148 Å². The van der Waals surface area contributed by atoms with Crippen LogP contribution in [0.3, 0.4) is 0 Å². The summed E-state index contributed by atoms with van der Waals surface area (Å²) in [5.41, 5.74) is 0. The van der Waals surface area contributed by atoms with E-state index in [0.29, 0.717) is 0 Å². The van der Waals surface area contributed by atoms with E-state index in [1.165, 1.54) is 0 Å². The predicted octanol–water partition coefficient (Wildman–Crippen LogP) is -11.5. The summed E-state index contributed by atoms with van der Waals surface area (Å²) in [5.74, 6) is 0. The molecule has 0 spiro atoms. The van der Waals surface area contributed by atoms with E-state index < -0.39 is 30.3 Å². The summed E-state index contributed by atoms with van der Waals surface area (Å²) in [6.45, 7) is 0. The van der Waals surface area contributed by atoms with Crippen LogP contribution in [0.2, 0.25) is 0 Å². The van der Waals surface area contributed by atoms with Gasteiger partial charge in [0.1, 0.15) is 0 Å². The van der Waals surface area contributed by atoms with E-state index in [9.17, 15) is 24.3 Å². The van der Waals surface area contributed by atoms with Crippen LogP contribution in [0.15, 0.2) is 0 Å². The van der Waals surface area contributed by atoms with Crippen LogP contribution in [0.1, 0.15) is 0 Å². The molecule has 0 aromatic heterocycles. The minimum atomic E-state index is -6.33. The van der Waals surface area contributed by atoms with Crippen molar-refractivity contribution in [2.24, 2.45) is 0 Å². The Labute approximate surface area is 135 Å². The molecular weight excluding hydrogens is 336 g/mol. The molecule has 0 unspecified atom stereocenters. The van der Waals surface area contributed by atoms with Gasteiger partial charge in [0.2, 0.25) is 10.2 Å². The van der Waals surface area contributed by atoms with Gasteiger partial charge >= 0.3 is 104 Å². The zero-order chi connectivity index (χ0) is 7.71. The molecule has 0 aromatic carbocycles. The Morgan fingerprint density at radius 1 is 1.00 bits per heavy atom. The SMILES string of the molecule is [KH].[NaH].[O-][Cl+3]([O-])([O-])O[I+3]([O-])([O-])[O-]. The molecule has 7 nitrogen and oxygen atoms in total. The Hall–Kier alpha value is 3.38. The number of rotatable bonds is 2. The monoisotopic (exact) mass is 338 g/mol. The summed E-state index contributed by atoms with van der Waals surface area (Å²) in [6.07, 6.45) is 0. The van der Waals surface area contributed by atoms with Crippen molar-refractivity contribution in [1.82, 2.24) is 0 Å². The van der Waals surface area contributed by atoms with Gasteiger partial charge in [-0.3, -0.25) is 0 Å². The maximum atomic E-state index is 9.38. The van der Waals surface area contributed by atoms with Crippen LogP contribution < -0.4 is 44.4 Å². The first-order valence-electron chi connectivity index (χ1n) is 1.23. The van der Waals surface area contributed by atoms with Crippen LogP contribution in [0.25, 0.3) is 0 Å². The van der Waals surface area contributed by atoms with Gasteiger partial charge in [-0.25, -0.2) is 10.3 Å². The quantitative estimate of drug-likeness (QED) is 0.358. The fourth-order valence-electron chi connectivity index (χ4n) is 0.0875. The van der Waals surface area contributed by atoms with Gasteiger partial charge in [0.15, 0.2) is 0 Å². The molecule has 11 heteroatoms. The maximum absolute atomic E-state index is 9.38. The van der Waals surface area contributed by atoms with Crippen molar-refractivity contribution in [3.05, 3.63) is 0 Å². The molecule has 0 atom stereocenters. The van der Waals surface area contributed by atoms with Gasteiger partial charge in [-0.15, -0.1) is 0 Å². The van der Waals surface area contributed by atoms with E-state index >= 15 is 0 Å². The Morgan fingerprint density at radius 3 is 1.27 bits per heavy atom. The molecule has 11 heavy (non-hydrogen) atoms. The third-order valence-corrected chi connectivity index (χ3v) is 2.87. The molecule has 0 heterocycles. The second-order valence-electron chi connectivity index (χ2n) is 0.814. The van der Waals surface area contributed by atoms with Crippen LogP contribution in [0, 0.1) is 10.2 Å². The number of hydrogen-bond donors (Lipinski definition) is 0. The molecule has 0 fully saturated rings. The molecule has 0 aliphatic rings. The Balaban J connectivity index is -0.000000320. The Kier molecular flexibility index (Phi) is 13.8. The predicted molar refractivity (Wildman–Crippen MR) is 15.4 cm³/mol. The van der Waals surface area contributed by atoms with E-state index in [1.54, 1.807) is 0 Å². The first-order valence-corrected chi connectivity index (χ1v) is 5.99. The summed E-state index contributed by atoms with van der Waals surface area (Å²) in [4.78, 5) is 0. The van der Waals surface area contributed by atoms with Gasteiger partial charge in [0, 0.05) is 0 Å². The zero-order valence-electron chi connectivity index (χ0n) is 3.61. The largest absolute Gasteiger partial charge is 0.568 e. The summed E-state index contributed by atoms with van der Waals surface area (Å²) >= 11 is -6.33. The molecule has 0 rings (SSSR count). The molecule has 0 radical (unpaired) electrons. The van der Waals surface area contributed by atoms with Gasteiger partial charge in [-0.2, -0.15) is 14.0 Å². The van der Waals surface area contributed by atoms with Crippen molar-refractivity contribution in [3.63, 3.8) is 0 Å². The summed E-state index contributed by atoms with van der Waals surface area (Å²) < 4.78 is 58.5. The fraction of sp³-hybridized carbons (Fsp3) is 0. The molecule has 0 amide bonds. The summed E-state index contributed by atoms with van der Waals surface area (Å²) in [7, 11) is -5.13. The molecule has 0 bridgehead atoms. The van der Waals surface area contributed by atoms with Crippen molar-refractivity contribution < 1.29 is 57.2 Å². The summed E-state index contributed by atoms with van der Waals surface area (Å²) in [5, 5.41) is 0. The zero-order valence-corrected chi connectivity index (χ0v) is 6.53. The molecule has 0 aromatic rings.